The molecule has 0 aromatic heterocycles. The van der Waals surface area contributed by atoms with E-state index >= 15 is 0 Å². The topological polar surface area (TPSA) is 249 Å². The largest absolute Gasteiger partial charge is 0.490 e. The summed E-state index contributed by atoms with van der Waals surface area (Å²) in [6.45, 7) is 1.57. The van der Waals surface area contributed by atoms with Crippen molar-refractivity contribution in [1.82, 2.24) is 0 Å². The molecule has 3 aromatic carbocycles. The van der Waals surface area contributed by atoms with E-state index in [0.29, 0.717) is 55.5 Å². The van der Waals surface area contributed by atoms with Crippen molar-refractivity contribution in [2.24, 2.45) is 16.5 Å². The van der Waals surface area contributed by atoms with Gasteiger partial charge in [0.1, 0.15) is 79.5 Å². The molecule has 9 heterocycles. The van der Waals surface area contributed by atoms with Gasteiger partial charge in [0.15, 0.2) is 17.6 Å². The average molecular weight is 814 g/mol. The zero-order valence-electron chi connectivity index (χ0n) is 31.9. The van der Waals surface area contributed by atoms with Crippen LogP contribution in [0.25, 0.3) is 0 Å². The number of quaternary nitrogens is 1. The first-order valence-corrected chi connectivity index (χ1v) is 19.5. The molecule has 0 aliphatic carbocycles. The molecule has 0 amide bonds. The number of fused-ring (bicyclic) bond motifs is 3. The van der Waals surface area contributed by atoms with Crippen molar-refractivity contribution in [3.63, 3.8) is 0 Å². The Kier molecular flexibility index (Phi) is 10.3. The van der Waals surface area contributed by atoms with Crippen LogP contribution in [0, 0.1) is 0 Å². The number of carboxylic acids is 1. The van der Waals surface area contributed by atoms with Crippen molar-refractivity contribution in [1.29, 1.82) is 0 Å². The molecule has 0 saturated carbocycles. The van der Waals surface area contributed by atoms with Crippen molar-refractivity contribution in [3.8, 4) is 28.7 Å². The molecule has 10 unspecified atom stereocenters. The number of methoxy groups -OCH3 is 1. The Morgan fingerprint density at radius 3 is 2.54 bits per heavy atom. The van der Waals surface area contributed by atoms with Gasteiger partial charge in [0.2, 0.25) is 12.0 Å². The molecule has 12 rings (SSSR count). The third kappa shape index (κ3) is 7.28. The summed E-state index contributed by atoms with van der Waals surface area (Å²) < 4.78 is 43.6. The fourth-order valence-corrected chi connectivity index (χ4v) is 8.86. The van der Waals surface area contributed by atoms with Crippen LogP contribution < -0.4 is 40.1 Å². The van der Waals surface area contributed by atoms with E-state index in [1.807, 2.05) is 18.2 Å². The number of aliphatic hydroxyl groups excluding tert-OH is 3. The van der Waals surface area contributed by atoms with Crippen molar-refractivity contribution < 1.29 is 68.1 Å². The van der Waals surface area contributed by atoms with Crippen LogP contribution in [0.2, 0.25) is 0 Å². The lowest BCUT2D eigenvalue weighted by Gasteiger charge is -2.43. The summed E-state index contributed by atoms with van der Waals surface area (Å²) in [5.74, 6) is -0.628. The van der Waals surface area contributed by atoms with Crippen molar-refractivity contribution in [3.05, 3.63) is 99.9 Å². The average Bonchev–Trinajstić information content (AvgIpc) is 3.91. The molecule has 9 N–H and O–H groups in total. The second-order valence-corrected chi connectivity index (χ2v) is 15.5. The van der Waals surface area contributed by atoms with Crippen LogP contribution in [-0.4, -0.2) is 108 Å². The molecule has 6 bridgehead atoms. The number of benzene rings is 3. The van der Waals surface area contributed by atoms with Crippen molar-refractivity contribution in [2.45, 2.75) is 86.9 Å². The first kappa shape index (κ1) is 39.0. The Morgan fingerprint density at radius 1 is 1.00 bits per heavy atom. The number of ether oxygens (including phenoxy) is 7. The number of nitrogens with two attached hydrogens (primary N) is 2. The maximum atomic E-state index is 12.3. The molecule has 59 heavy (non-hydrogen) atoms. The minimum absolute atomic E-state index is 0.182. The molecule has 0 spiro atoms. The highest BCUT2D eigenvalue weighted by Crippen LogP contribution is 2.59. The molecule has 3 aromatic rings. The number of nitrogens with one attached hydrogen (secondary N) is 1. The van der Waals surface area contributed by atoms with Gasteiger partial charge in [0.05, 0.1) is 25.8 Å². The Balaban J connectivity index is 1.11. The third-order valence-electron chi connectivity index (χ3n) is 11.6. The van der Waals surface area contributed by atoms with Gasteiger partial charge in [0, 0.05) is 47.4 Å². The maximum Gasteiger partial charge on any atom is 0.317 e. The summed E-state index contributed by atoms with van der Waals surface area (Å²) in [6, 6.07) is 15.7. The second kappa shape index (κ2) is 15.6. The van der Waals surface area contributed by atoms with Crippen LogP contribution >= 0.6 is 0 Å². The Labute approximate surface area is 338 Å². The summed E-state index contributed by atoms with van der Waals surface area (Å²) in [6.07, 6.45) is -6.81. The predicted octanol–water partition coefficient (Wildman–Crippen LogP) is -0.0818. The standard InChI is InChI=1S/C42H44N4O13/c1-53-37-26-7-6-24-32-27(12-20-4-2-19(3-5-20)9-11-54-26)56-28-14-23(13-22(31(28)38(32)58-36(24)37)17-46-16-21-8-10-45-25(21)18-46)55-42-35(52)33(50)34(51)39(59-42)40(41(43)44)57-30(49)15-29(47)48/h2-8,10,13-14,18,27,32-35,38-42,50-52H,9,11-12,15-17,43-44H2,1H3,(H,47,48)/p+1. The molecule has 17 heteroatoms. The summed E-state index contributed by atoms with van der Waals surface area (Å²) in [5, 5.41) is 42.2. The highest BCUT2D eigenvalue weighted by Gasteiger charge is 2.52. The molecule has 1 saturated heterocycles. The van der Waals surface area contributed by atoms with E-state index in [1.165, 1.54) is 0 Å². The van der Waals surface area contributed by atoms with Crippen LogP contribution in [0.3, 0.4) is 0 Å². The highest BCUT2D eigenvalue weighted by molar-refractivity contribution is 5.90. The number of aliphatic hydroxyl groups is 3. The molecule has 310 valence electrons. The minimum atomic E-state index is -1.87. The van der Waals surface area contributed by atoms with Crippen molar-refractivity contribution >= 4 is 18.2 Å². The Morgan fingerprint density at radius 2 is 1.80 bits per heavy atom. The number of hydrogen-bond acceptors (Lipinski definition) is 15. The van der Waals surface area contributed by atoms with Gasteiger partial charge in [-0.3, -0.25) is 19.5 Å². The summed E-state index contributed by atoms with van der Waals surface area (Å²) in [7, 11) is 1.59. The number of carboxylic acid groups (broad SMARTS) is 1. The van der Waals surface area contributed by atoms with E-state index in [4.69, 9.17) is 49.7 Å². The monoisotopic (exact) mass is 813 g/mol. The van der Waals surface area contributed by atoms with Crippen LogP contribution in [0.5, 0.6) is 28.7 Å². The lowest BCUT2D eigenvalue weighted by molar-refractivity contribution is -0.851. The fourth-order valence-electron chi connectivity index (χ4n) is 8.86. The van der Waals surface area contributed by atoms with Crippen LogP contribution in [-0.2, 0) is 38.4 Å². The van der Waals surface area contributed by atoms with E-state index in [-0.39, 0.29) is 11.7 Å². The van der Waals surface area contributed by atoms with Gasteiger partial charge in [0.25, 0.3) is 0 Å². The first-order valence-electron chi connectivity index (χ1n) is 19.5. The van der Waals surface area contributed by atoms with Gasteiger partial charge in [-0.2, -0.15) is 0 Å². The number of hydrogen-bond donors (Lipinski definition) is 7. The number of carbonyl (C=O) groups excluding carboxylic acids is 1. The molecular weight excluding hydrogens is 768 g/mol. The van der Waals surface area contributed by atoms with E-state index < -0.39 is 73.5 Å². The molecule has 9 aliphatic rings. The van der Waals surface area contributed by atoms with Crippen LogP contribution in [0.4, 0.5) is 0 Å². The van der Waals surface area contributed by atoms with E-state index in [1.54, 1.807) is 25.5 Å². The zero-order chi connectivity index (χ0) is 41.1. The first-order chi connectivity index (χ1) is 28.4. The number of allylic oxidation sites excluding steroid dienone is 1. The SMILES string of the molecule is COc1c2ccc3c1OC1c4c(C[NH+]5C=C6N=CC=C6C5)cc(OC5OC(C(OC(=O)CC(=O)O)C(N)N)C(O)C(O)C5O)cc4OC(Cc4ccc(cc4)CCO2)C31. The molecule has 17 nitrogen and oxygen atoms in total. The maximum absolute atomic E-state index is 12.3. The number of aliphatic imine (C=N–C) groups is 1. The van der Waals surface area contributed by atoms with Crippen LogP contribution in [0.1, 0.15) is 46.3 Å². The molecule has 0 radical (unpaired) electrons. The molecular formula is C42H45N4O13+. The molecule has 1 fully saturated rings. The number of aliphatic carboxylic acids is 1. The van der Waals surface area contributed by atoms with E-state index in [9.17, 15) is 24.9 Å². The number of carbonyl (C=O) groups is 2. The Hall–Kier alpha value is -5.53. The minimum Gasteiger partial charge on any atom is -0.490 e. The fraction of sp³-hybridized carbons (Fsp3) is 0.405. The van der Waals surface area contributed by atoms with Gasteiger partial charge in [-0.1, -0.05) is 30.3 Å². The molecule has 9 aliphatic heterocycles. The van der Waals surface area contributed by atoms with Crippen LogP contribution in [0.15, 0.2) is 77.1 Å². The van der Waals surface area contributed by atoms with Gasteiger partial charge in [-0.25, -0.2) is 0 Å². The second-order valence-electron chi connectivity index (χ2n) is 15.5. The highest BCUT2D eigenvalue weighted by atomic mass is 16.7. The lowest BCUT2D eigenvalue weighted by Crippen LogP contribution is -3.04. The van der Waals surface area contributed by atoms with Gasteiger partial charge in [-0.05, 0) is 29.3 Å². The Bertz CT molecular complexity index is 2240. The number of esters is 1. The third-order valence-corrected chi connectivity index (χ3v) is 11.6. The smallest absolute Gasteiger partial charge is 0.317 e. The summed E-state index contributed by atoms with van der Waals surface area (Å²) >= 11 is 0. The number of rotatable bonds is 10. The normalized spacial score (nSPS) is 29.0. The molecule has 10 atom stereocenters. The van der Waals surface area contributed by atoms with E-state index in [2.05, 4.69) is 35.5 Å². The van der Waals surface area contributed by atoms with Gasteiger partial charge < -0.3 is 65.1 Å². The summed E-state index contributed by atoms with van der Waals surface area (Å²) in [4.78, 5) is 29.1. The number of nitrogens with zero attached hydrogens (tertiary/aromatic N) is 1. The summed E-state index contributed by atoms with van der Waals surface area (Å²) in [5.41, 5.74) is 18.5. The van der Waals surface area contributed by atoms with Gasteiger partial charge >= 0.3 is 11.9 Å². The zero-order valence-corrected chi connectivity index (χ0v) is 31.9. The lowest BCUT2D eigenvalue weighted by atomic mass is 9.80. The van der Waals surface area contributed by atoms with Crippen molar-refractivity contribution in [2.75, 3.05) is 20.3 Å². The van der Waals surface area contributed by atoms with Gasteiger partial charge in [-0.15, -0.1) is 0 Å². The quantitative estimate of drug-likeness (QED) is 0.0804. The predicted molar refractivity (Wildman–Crippen MR) is 205 cm³/mol. The van der Waals surface area contributed by atoms with E-state index in [0.717, 1.165) is 44.0 Å².